The van der Waals surface area contributed by atoms with Gasteiger partial charge in [0.15, 0.2) is 0 Å². The number of allylic oxidation sites excluding steroid dienone is 1. The van der Waals surface area contributed by atoms with Gasteiger partial charge >= 0.3 is 12.2 Å². The van der Waals surface area contributed by atoms with Crippen LogP contribution in [0.1, 0.15) is 271 Å². The summed E-state index contributed by atoms with van der Waals surface area (Å²) in [5, 5.41) is 21.3. The van der Waals surface area contributed by atoms with Gasteiger partial charge in [-0.05, 0) is 88.5 Å². The average molecular weight is 938 g/mol. The van der Waals surface area contributed by atoms with Crippen LogP contribution in [0.5, 0.6) is 0 Å². The third-order valence-corrected chi connectivity index (χ3v) is 11.9. The zero-order chi connectivity index (χ0) is 48.7. The van der Waals surface area contributed by atoms with E-state index in [9.17, 15) is 19.8 Å². The Morgan fingerprint density at radius 1 is 0.591 bits per heavy atom. The van der Waals surface area contributed by atoms with Crippen molar-refractivity contribution in [2.75, 3.05) is 13.2 Å². The van der Waals surface area contributed by atoms with Gasteiger partial charge in [0.1, 0.15) is 28.8 Å². The second-order valence-electron chi connectivity index (χ2n) is 21.2. The third kappa shape index (κ3) is 31.3. The van der Waals surface area contributed by atoms with Crippen LogP contribution in [0.4, 0.5) is 9.59 Å². The van der Waals surface area contributed by atoms with Gasteiger partial charge in [0.25, 0.3) is 0 Å². The smallest absolute Gasteiger partial charge is 0.413 e. The number of unbranched alkanes of at least 4 members (excludes halogenated alkanes) is 23. The standard InChI is InChI=1S/C26H51NO5.C26H49NO3.C2H6.CH4.B/c1-7-8-9-10-11-12-13-14-15-16-17-18-19-22(28)23(29)21-20-31-26(5,6)27(21)24(30)32-25(2,3)4;1-7-8-9-10-11-12-13-14-15-16-17-18-19-20-21-23-22-29-26(5,6)27(23)24(28)30-25(2,3)4;1-2;;/h21-23,28-29H,7-20H2,1-6H3;20-21,23H,7-19,22H2,1-6H3;1-2H3;1H4;/b;21-20-;;;/t21-,22+,23-;23-;;;/m01.../s1. The van der Waals surface area contributed by atoms with Crippen LogP contribution < -0.4 is 0 Å². The Kier molecular flexibility index (Phi) is 39.4. The number of amides is 2. The molecule has 391 valence electrons. The first-order valence-corrected chi connectivity index (χ1v) is 26.5. The van der Waals surface area contributed by atoms with Gasteiger partial charge in [0.05, 0.1) is 31.4 Å². The molecule has 0 aromatic carbocycles. The Bertz CT molecular complexity index is 1200. The Hall–Kier alpha value is -1.82. The van der Waals surface area contributed by atoms with Gasteiger partial charge in [-0.2, -0.15) is 0 Å². The van der Waals surface area contributed by atoms with Crippen molar-refractivity contribution in [2.45, 2.75) is 318 Å². The van der Waals surface area contributed by atoms with Crippen molar-refractivity contribution in [3.8, 4) is 0 Å². The Labute approximate surface area is 411 Å². The van der Waals surface area contributed by atoms with Gasteiger partial charge in [-0.3, -0.25) is 9.80 Å². The van der Waals surface area contributed by atoms with Crippen LogP contribution >= 0.6 is 0 Å². The van der Waals surface area contributed by atoms with Crippen molar-refractivity contribution in [1.82, 2.24) is 9.80 Å². The number of aliphatic hydroxyl groups excluding tert-OH is 2. The lowest BCUT2D eigenvalue weighted by atomic mass is 9.98. The van der Waals surface area contributed by atoms with Gasteiger partial charge in [-0.15, -0.1) is 0 Å². The molecule has 0 spiro atoms. The molecule has 2 saturated heterocycles. The molecule has 11 heteroatoms. The summed E-state index contributed by atoms with van der Waals surface area (Å²) in [5.74, 6) is 0. The molecule has 2 rings (SSSR count). The van der Waals surface area contributed by atoms with Crippen LogP contribution in [0.3, 0.4) is 0 Å². The average Bonchev–Trinajstić information content (AvgIpc) is 3.71. The molecule has 2 amide bonds. The maximum Gasteiger partial charge on any atom is 0.413 e. The van der Waals surface area contributed by atoms with Gasteiger partial charge in [0.2, 0.25) is 0 Å². The molecule has 0 aromatic heterocycles. The Morgan fingerprint density at radius 3 is 1.32 bits per heavy atom. The molecular weight excluding hydrogens is 827 g/mol. The Morgan fingerprint density at radius 2 is 0.924 bits per heavy atom. The Balaban J connectivity index is -0.00000113. The summed E-state index contributed by atoms with van der Waals surface area (Å²) < 4.78 is 22.7. The number of rotatable bonds is 29. The number of hydrogen-bond donors (Lipinski definition) is 2. The highest BCUT2D eigenvalue weighted by Crippen LogP contribution is 2.33. The number of nitrogens with zero attached hydrogens (tertiary/aromatic N) is 2. The van der Waals surface area contributed by atoms with E-state index in [1.165, 1.54) is 146 Å². The monoisotopic (exact) mass is 938 g/mol. The van der Waals surface area contributed by atoms with E-state index in [-0.39, 0.29) is 34.6 Å². The summed E-state index contributed by atoms with van der Waals surface area (Å²) in [6.07, 6.45) is 34.7. The van der Waals surface area contributed by atoms with E-state index >= 15 is 0 Å². The molecular formula is C55H110BN2O8. The highest BCUT2D eigenvalue weighted by atomic mass is 16.6. The largest absolute Gasteiger partial charge is 0.444 e. The summed E-state index contributed by atoms with van der Waals surface area (Å²) in [6, 6.07) is -0.667. The van der Waals surface area contributed by atoms with Gasteiger partial charge < -0.3 is 29.2 Å². The second kappa shape index (κ2) is 38.0. The maximum absolute atomic E-state index is 12.7. The minimum atomic E-state index is -1.06. The topological polar surface area (TPSA) is 118 Å². The van der Waals surface area contributed by atoms with E-state index in [4.69, 9.17) is 18.9 Å². The number of ether oxygens (including phenoxy) is 4. The number of carbonyl (C=O) groups is 2. The summed E-state index contributed by atoms with van der Waals surface area (Å²) in [5.41, 5.74) is -2.66. The number of hydrogen-bond acceptors (Lipinski definition) is 8. The highest BCUT2D eigenvalue weighted by Gasteiger charge is 2.50. The lowest BCUT2D eigenvalue weighted by molar-refractivity contribution is -0.0773. The van der Waals surface area contributed by atoms with Crippen LogP contribution in [0, 0.1) is 0 Å². The highest BCUT2D eigenvalue weighted by molar-refractivity contribution is 5.75. The summed E-state index contributed by atoms with van der Waals surface area (Å²) >= 11 is 0. The SMILES string of the molecule is C.CC.CCCCCCCCCCCCCC/C=C\[C@@H]1COC(C)(C)N1C(=O)OC(C)(C)C.CCCCCCCCCCCCCC[C@@H](O)[C@@H](O)[C@@H]1COC(C)(C)N1C(=O)OC(C)(C)C.[B]. The predicted molar refractivity (Wildman–Crippen MR) is 280 cm³/mol. The molecule has 2 fully saturated rings. The van der Waals surface area contributed by atoms with E-state index in [2.05, 4.69) is 26.0 Å². The first-order chi connectivity index (χ1) is 30.2. The molecule has 0 aliphatic carbocycles. The van der Waals surface area contributed by atoms with Crippen LogP contribution in [0.2, 0.25) is 0 Å². The summed E-state index contributed by atoms with van der Waals surface area (Å²) in [7, 11) is 0. The van der Waals surface area contributed by atoms with E-state index in [0.29, 0.717) is 13.0 Å². The molecule has 2 heterocycles. The summed E-state index contributed by atoms with van der Waals surface area (Å²) in [4.78, 5) is 28.5. The van der Waals surface area contributed by atoms with Crippen molar-refractivity contribution >= 4 is 20.6 Å². The maximum atomic E-state index is 12.7. The van der Waals surface area contributed by atoms with Gasteiger partial charge in [0, 0.05) is 8.41 Å². The molecule has 66 heavy (non-hydrogen) atoms. The van der Waals surface area contributed by atoms with E-state index < -0.39 is 47.0 Å². The van der Waals surface area contributed by atoms with Crippen molar-refractivity contribution in [1.29, 1.82) is 0 Å². The number of aliphatic hydroxyl groups is 2. The van der Waals surface area contributed by atoms with E-state index in [0.717, 1.165) is 19.3 Å². The minimum absolute atomic E-state index is 0. The zero-order valence-corrected chi connectivity index (χ0v) is 45.1. The molecule has 0 unspecified atom stereocenters. The van der Waals surface area contributed by atoms with Crippen molar-refractivity contribution < 1.29 is 38.7 Å². The summed E-state index contributed by atoms with van der Waals surface area (Å²) in [6.45, 7) is 27.8. The number of carbonyl (C=O) groups excluding carboxylic acids is 2. The third-order valence-electron chi connectivity index (χ3n) is 11.9. The molecule has 2 aliphatic rings. The van der Waals surface area contributed by atoms with Gasteiger partial charge in [-0.1, -0.05) is 195 Å². The molecule has 4 atom stereocenters. The normalized spacial score (nSPS) is 18.6. The molecule has 0 aromatic rings. The molecule has 0 saturated carbocycles. The lowest BCUT2D eigenvalue weighted by Gasteiger charge is -2.37. The fourth-order valence-electron chi connectivity index (χ4n) is 8.37. The molecule has 3 radical (unpaired) electrons. The molecule has 2 N–H and O–H groups in total. The first-order valence-electron chi connectivity index (χ1n) is 26.5. The predicted octanol–water partition coefficient (Wildman–Crippen LogP) is 15.5. The van der Waals surface area contributed by atoms with Crippen molar-refractivity contribution in [2.24, 2.45) is 0 Å². The second-order valence-corrected chi connectivity index (χ2v) is 21.2. The lowest BCUT2D eigenvalue weighted by Crippen LogP contribution is -2.55. The molecule has 0 bridgehead atoms. The van der Waals surface area contributed by atoms with Crippen LogP contribution in [0.15, 0.2) is 12.2 Å². The van der Waals surface area contributed by atoms with Crippen LogP contribution in [0.25, 0.3) is 0 Å². The minimum Gasteiger partial charge on any atom is -0.444 e. The zero-order valence-electron chi connectivity index (χ0n) is 45.1. The van der Waals surface area contributed by atoms with E-state index in [1.807, 2.05) is 69.2 Å². The van der Waals surface area contributed by atoms with Crippen molar-refractivity contribution in [3.05, 3.63) is 12.2 Å². The fourth-order valence-corrected chi connectivity index (χ4v) is 8.37. The van der Waals surface area contributed by atoms with Crippen molar-refractivity contribution in [3.63, 3.8) is 0 Å². The van der Waals surface area contributed by atoms with Crippen LogP contribution in [-0.4, -0.2) is 101 Å². The van der Waals surface area contributed by atoms with E-state index in [1.54, 1.807) is 18.7 Å². The molecule has 2 aliphatic heterocycles. The first kappa shape index (κ1) is 68.4. The van der Waals surface area contributed by atoms with Gasteiger partial charge in [-0.25, -0.2) is 9.59 Å². The quantitative estimate of drug-likeness (QED) is 0.0433. The molecule has 10 nitrogen and oxygen atoms in total. The fraction of sp³-hybridized carbons (Fsp3) is 0.927. The van der Waals surface area contributed by atoms with Crippen LogP contribution in [-0.2, 0) is 18.9 Å².